The minimum atomic E-state index is 0.0835. The smallest absolute Gasteiger partial charge is 0.226 e. The molecular formula is C22H28N2O2S. The highest BCUT2D eigenvalue weighted by Gasteiger charge is 2.42. The van der Waals surface area contributed by atoms with E-state index in [2.05, 4.69) is 17.2 Å². The minimum absolute atomic E-state index is 0.0835. The Morgan fingerprint density at radius 1 is 1.33 bits per heavy atom. The number of ether oxygens (including phenoxy) is 1. The van der Waals surface area contributed by atoms with Crippen LogP contribution in [0.15, 0.2) is 29.6 Å². The van der Waals surface area contributed by atoms with Crippen LogP contribution in [0.25, 0.3) is 10.6 Å². The number of amides is 1. The van der Waals surface area contributed by atoms with Crippen molar-refractivity contribution in [1.29, 1.82) is 0 Å². The molecule has 1 N–H and O–H groups in total. The Hall–Kier alpha value is -1.88. The number of nitrogens with zero attached hydrogens (tertiary/aromatic N) is 1. The molecule has 1 heterocycles. The number of hydrogen-bond donors (Lipinski definition) is 1. The second kappa shape index (κ2) is 8.01. The lowest BCUT2D eigenvalue weighted by Gasteiger charge is -2.28. The first-order valence-electron chi connectivity index (χ1n) is 10.1. The molecule has 1 aromatic heterocycles. The van der Waals surface area contributed by atoms with E-state index in [0.717, 1.165) is 33.9 Å². The van der Waals surface area contributed by atoms with Crippen LogP contribution in [0.3, 0.4) is 0 Å². The first-order valence-corrected chi connectivity index (χ1v) is 11.0. The Labute approximate surface area is 165 Å². The number of hydrogen-bond acceptors (Lipinski definition) is 4. The van der Waals surface area contributed by atoms with Crippen molar-refractivity contribution >= 4 is 17.2 Å². The Kier molecular flexibility index (Phi) is 5.48. The van der Waals surface area contributed by atoms with Gasteiger partial charge in [-0.25, -0.2) is 4.98 Å². The average molecular weight is 385 g/mol. The largest absolute Gasteiger partial charge is 0.493 e. The molecule has 2 fully saturated rings. The van der Waals surface area contributed by atoms with Crippen LogP contribution in [0, 0.1) is 17.8 Å². The molecule has 1 amide bonds. The summed E-state index contributed by atoms with van der Waals surface area (Å²) in [5.41, 5.74) is 1.82. The van der Waals surface area contributed by atoms with Crippen molar-refractivity contribution in [2.45, 2.75) is 52.0 Å². The van der Waals surface area contributed by atoms with Gasteiger partial charge in [0.25, 0.3) is 0 Å². The zero-order valence-electron chi connectivity index (χ0n) is 16.1. The third kappa shape index (κ3) is 4.03. The monoisotopic (exact) mass is 384 g/mol. The SMILES string of the molecule is CCOc1ccccc1-c1nc(CC(=O)NC(C)C2CC3CCC2C3)cs1. The Morgan fingerprint density at radius 2 is 2.19 bits per heavy atom. The van der Waals surface area contributed by atoms with Gasteiger partial charge in [0.1, 0.15) is 10.8 Å². The van der Waals surface area contributed by atoms with E-state index in [4.69, 9.17) is 4.74 Å². The predicted molar refractivity (Wildman–Crippen MR) is 109 cm³/mol. The molecule has 0 aliphatic heterocycles. The molecule has 2 saturated carbocycles. The molecule has 144 valence electrons. The fourth-order valence-corrected chi connectivity index (χ4v) is 5.77. The fourth-order valence-electron chi connectivity index (χ4n) is 4.92. The van der Waals surface area contributed by atoms with Gasteiger partial charge in [-0.15, -0.1) is 11.3 Å². The van der Waals surface area contributed by atoms with Crippen LogP contribution in [-0.2, 0) is 11.2 Å². The van der Waals surface area contributed by atoms with Gasteiger partial charge in [0.15, 0.2) is 0 Å². The lowest BCUT2D eigenvalue weighted by Crippen LogP contribution is -2.40. The van der Waals surface area contributed by atoms with Gasteiger partial charge in [-0.05, 0) is 63.0 Å². The van der Waals surface area contributed by atoms with Crippen molar-refractivity contribution < 1.29 is 9.53 Å². The summed E-state index contributed by atoms with van der Waals surface area (Å²) in [6.45, 7) is 4.78. The fraction of sp³-hybridized carbons (Fsp3) is 0.545. The molecule has 2 aliphatic carbocycles. The van der Waals surface area contributed by atoms with Crippen LogP contribution in [0.2, 0.25) is 0 Å². The van der Waals surface area contributed by atoms with Crippen LogP contribution in [0.5, 0.6) is 5.75 Å². The molecule has 5 heteroatoms. The summed E-state index contributed by atoms with van der Waals surface area (Å²) in [4.78, 5) is 17.2. The summed E-state index contributed by atoms with van der Waals surface area (Å²) >= 11 is 1.57. The zero-order valence-corrected chi connectivity index (χ0v) is 16.9. The minimum Gasteiger partial charge on any atom is -0.493 e. The molecule has 27 heavy (non-hydrogen) atoms. The second-order valence-electron chi connectivity index (χ2n) is 7.94. The number of fused-ring (bicyclic) bond motifs is 2. The molecule has 0 spiro atoms. The molecule has 4 rings (SSSR count). The first-order chi connectivity index (χ1) is 13.1. The number of para-hydroxylation sites is 1. The summed E-state index contributed by atoms with van der Waals surface area (Å²) in [5.74, 6) is 3.32. The molecule has 1 aromatic carbocycles. The van der Waals surface area contributed by atoms with Crippen LogP contribution in [-0.4, -0.2) is 23.5 Å². The highest BCUT2D eigenvalue weighted by molar-refractivity contribution is 7.13. The van der Waals surface area contributed by atoms with E-state index in [0.29, 0.717) is 18.9 Å². The average Bonchev–Trinajstić information content (AvgIpc) is 3.39. The maximum Gasteiger partial charge on any atom is 0.226 e. The van der Waals surface area contributed by atoms with E-state index in [-0.39, 0.29) is 11.9 Å². The topological polar surface area (TPSA) is 51.2 Å². The Morgan fingerprint density at radius 3 is 2.93 bits per heavy atom. The van der Waals surface area contributed by atoms with E-state index in [9.17, 15) is 4.79 Å². The van der Waals surface area contributed by atoms with E-state index >= 15 is 0 Å². The standard InChI is InChI=1S/C22H28N2O2S/c1-3-26-20-7-5-4-6-18(20)22-24-17(13-27-22)12-21(25)23-14(2)19-11-15-8-9-16(19)10-15/h4-7,13-16,19H,3,8-12H2,1-2H3,(H,23,25). The van der Waals surface area contributed by atoms with Gasteiger partial charge in [-0.2, -0.15) is 0 Å². The van der Waals surface area contributed by atoms with Crippen molar-refractivity contribution in [3.63, 3.8) is 0 Å². The van der Waals surface area contributed by atoms with Crippen molar-refractivity contribution in [3.8, 4) is 16.3 Å². The Balaban J connectivity index is 1.37. The quantitative estimate of drug-likeness (QED) is 0.753. The maximum atomic E-state index is 12.5. The van der Waals surface area contributed by atoms with Crippen LogP contribution in [0.4, 0.5) is 0 Å². The van der Waals surface area contributed by atoms with E-state index in [1.54, 1.807) is 11.3 Å². The maximum absolute atomic E-state index is 12.5. The van der Waals surface area contributed by atoms with E-state index < -0.39 is 0 Å². The van der Waals surface area contributed by atoms with Gasteiger partial charge in [0.05, 0.1) is 24.3 Å². The van der Waals surface area contributed by atoms with Crippen molar-refractivity contribution in [2.75, 3.05) is 6.61 Å². The third-order valence-electron chi connectivity index (χ3n) is 6.13. The predicted octanol–water partition coefficient (Wildman–Crippen LogP) is 4.69. The number of nitrogens with one attached hydrogen (secondary N) is 1. The second-order valence-corrected chi connectivity index (χ2v) is 8.80. The molecule has 4 unspecified atom stereocenters. The van der Waals surface area contributed by atoms with E-state index in [1.165, 1.54) is 25.7 Å². The van der Waals surface area contributed by atoms with E-state index in [1.807, 2.05) is 36.6 Å². The summed E-state index contributed by atoms with van der Waals surface area (Å²) in [6, 6.07) is 8.20. The molecule has 0 radical (unpaired) electrons. The van der Waals surface area contributed by atoms with Crippen LogP contribution < -0.4 is 10.1 Å². The van der Waals surface area contributed by atoms with Crippen LogP contribution in [0.1, 0.15) is 45.2 Å². The number of carbonyl (C=O) groups is 1. The van der Waals surface area contributed by atoms with Crippen molar-refractivity contribution in [1.82, 2.24) is 10.3 Å². The van der Waals surface area contributed by atoms with Gasteiger partial charge in [-0.3, -0.25) is 4.79 Å². The molecule has 2 bridgehead atoms. The van der Waals surface area contributed by atoms with Gasteiger partial charge in [0, 0.05) is 11.4 Å². The van der Waals surface area contributed by atoms with Gasteiger partial charge >= 0.3 is 0 Å². The molecule has 2 aliphatic rings. The Bertz CT molecular complexity index is 803. The molecule has 0 saturated heterocycles. The third-order valence-corrected chi connectivity index (χ3v) is 7.06. The molecule has 4 nitrogen and oxygen atoms in total. The number of aromatic nitrogens is 1. The number of rotatable bonds is 7. The van der Waals surface area contributed by atoms with Crippen molar-refractivity contribution in [2.24, 2.45) is 17.8 Å². The summed E-state index contributed by atoms with van der Waals surface area (Å²) in [5, 5.41) is 6.13. The normalized spacial score (nSPS) is 24.7. The number of benzene rings is 1. The van der Waals surface area contributed by atoms with Crippen molar-refractivity contribution in [3.05, 3.63) is 35.3 Å². The number of carbonyl (C=O) groups excluding carboxylic acids is 1. The van der Waals surface area contributed by atoms with Crippen LogP contribution >= 0.6 is 11.3 Å². The lowest BCUT2D eigenvalue weighted by atomic mass is 9.84. The zero-order chi connectivity index (χ0) is 18.8. The molecule has 2 aromatic rings. The molecular weight excluding hydrogens is 356 g/mol. The summed E-state index contributed by atoms with van der Waals surface area (Å²) < 4.78 is 5.70. The van der Waals surface area contributed by atoms with Gasteiger partial charge in [-0.1, -0.05) is 18.6 Å². The highest BCUT2D eigenvalue weighted by Crippen LogP contribution is 2.49. The van der Waals surface area contributed by atoms with Gasteiger partial charge < -0.3 is 10.1 Å². The summed E-state index contributed by atoms with van der Waals surface area (Å²) in [6.07, 6.45) is 5.76. The lowest BCUT2D eigenvalue weighted by molar-refractivity contribution is -0.121. The highest BCUT2D eigenvalue weighted by atomic mass is 32.1. The molecule has 4 atom stereocenters. The van der Waals surface area contributed by atoms with Gasteiger partial charge in [0.2, 0.25) is 5.91 Å². The summed E-state index contributed by atoms with van der Waals surface area (Å²) in [7, 11) is 0. The number of thiazole rings is 1. The first kappa shape index (κ1) is 18.5.